The molecule has 2 unspecified atom stereocenters. The van der Waals surface area contributed by atoms with Gasteiger partial charge in [0.05, 0.1) is 5.92 Å². The van der Waals surface area contributed by atoms with Crippen molar-refractivity contribution in [1.82, 2.24) is 0 Å². The fraction of sp³-hybridized carbons (Fsp3) is 0.462. The summed E-state index contributed by atoms with van der Waals surface area (Å²) in [6.07, 6.45) is 0. The molecule has 0 spiro atoms. The van der Waals surface area contributed by atoms with Crippen LogP contribution in [0.15, 0.2) is 18.2 Å². The van der Waals surface area contributed by atoms with Crippen LogP contribution in [0.1, 0.15) is 26.3 Å². The normalized spacial score (nSPS) is 16.4. The van der Waals surface area contributed by atoms with Crippen LogP contribution in [0.4, 0.5) is 0 Å². The van der Waals surface area contributed by atoms with Crippen LogP contribution in [0, 0.1) is 11.8 Å². The van der Waals surface area contributed by atoms with Gasteiger partial charge in [-0.1, -0.05) is 43.1 Å². The summed E-state index contributed by atoms with van der Waals surface area (Å²) in [5, 5.41) is 20.5. The van der Waals surface area contributed by atoms with Crippen molar-refractivity contribution in [1.29, 1.82) is 0 Å². The Bertz CT molecular complexity index is 456. The molecule has 0 saturated heterocycles. The van der Waals surface area contributed by atoms with E-state index in [1.165, 1.54) is 13.0 Å². The van der Waals surface area contributed by atoms with Crippen LogP contribution in [-0.2, 0) is 10.4 Å². The molecule has 0 aromatic heterocycles. The van der Waals surface area contributed by atoms with Crippen LogP contribution < -0.4 is 0 Å². The summed E-state index contributed by atoms with van der Waals surface area (Å²) in [4.78, 5) is 11.3. The molecule has 1 aromatic carbocycles. The molecular weight excluding hydrogens is 275 g/mol. The minimum atomic E-state index is -1.55. The van der Waals surface area contributed by atoms with E-state index < -0.39 is 17.5 Å². The highest BCUT2D eigenvalue weighted by molar-refractivity contribution is 6.35. The number of carboxylic acid groups (broad SMARTS) is 1. The number of benzene rings is 1. The Morgan fingerprint density at radius 3 is 2.28 bits per heavy atom. The summed E-state index contributed by atoms with van der Waals surface area (Å²) >= 11 is 11.8. The summed E-state index contributed by atoms with van der Waals surface area (Å²) in [5.74, 6) is -2.23. The van der Waals surface area contributed by atoms with Crippen molar-refractivity contribution in [2.24, 2.45) is 11.8 Å². The van der Waals surface area contributed by atoms with Gasteiger partial charge in [-0.2, -0.15) is 0 Å². The van der Waals surface area contributed by atoms with Crippen molar-refractivity contribution < 1.29 is 15.0 Å². The molecule has 1 rings (SSSR count). The molecule has 3 nitrogen and oxygen atoms in total. The molecule has 0 fully saturated rings. The lowest BCUT2D eigenvalue weighted by atomic mass is 9.76. The fourth-order valence-electron chi connectivity index (χ4n) is 2.24. The average Bonchev–Trinajstić information content (AvgIpc) is 2.13. The second kappa shape index (κ2) is 5.47. The van der Waals surface area contributed by atoms with Crippen molar-refractivity contribution in [3.05, 3.63) is 33.8 Å². The van der Waals surface area contributed by atoms with Crippen molar-refractivity contribution in [2.75, 3.05) is 0 Å². The van der Waals surface area contributed by atoms with Crippen LogP contribution in [0.5, 0.6) is 0 Å². The predicted molar refractivity (Wildman–Crippen MR) is 72.0 cm³/mol. The van der Waals surface area contributed by atoms with Gasteiger partial charge in [0, 0.05) is 15.6 Å². The molecule has 0 saturated carbocycles. The number of halogens is 2. The zero-order valence-corrected chi connectivity index (χ0v) is 12.0. The third-order valence-electron chi connectivity index (χ3n) is 3.01. The maximum atomic E-state index is 11.3. The van der Waals surface area contributed by atoms with E-state index in [-0.39, 0.29) is 10.9 Å². The quantitative estimate of drug-likeness (QED) is 0.891. The lowest BCUT2D eigenvalue weighted by Gasteiger charge is -2.33. The van der Waals surface area contributed by atoms with Crippen molar-refractivity contribution in [2.45, 2.75) is 26.4 Å². The van der Waals surface area contributed by atoms with Crippen molar-refractivity contribution in [3.63, 3.8) is 0 Å². The second-order valence-corrected chi connectivity index (χ2v) is 5.68. The lowest BCUT2D eigenvalue weighted by molar-refractivity contribution is -0.155. The molecule has 100 valence electrons. The SMILES string of the molecule is CC(C)C(C(=O)O)C(C)(O)c1ccc(Cl)cc1Cl. The Hall–Kier alpha value is -0.770. The van der Waals surface area contributed by atoms with E-state index in [2.05, 4.69) is 0 Å². The maximum Gasteiger partial charge on any atom is 0.310 e. The van der Waals surface area contributed by atoms with Gasteiger partial charge in [0.2, 0.25) is 0 Å². The van der Waals surface area contributed by atoms with E-state index in [1.54, 1.807) is 26.0 Å². The second-order valence-electron chi connectivity index (χ2n) is 4.83. The largest absolute Gasteiger partial charge is 0.481 e. The number of carboxylic acids is 1. The first-order valence-corrected chi connectivity index (χ1v) is 6.34. The molecule has 0 aliphatic rings. The monoisotopic (exact) mass is 290 g/mol. The van der Waals surface area contributed by atoms with Gasteiger partial charge in [0.1, 0.15) is 5.60 Å². The molecule has 0 aliphatic heterocycles. The summed E-state index contributed by atoms with van der Waals surface area (Å²) in [6.45, 7) is 4.95. The highest BCUT2D eigenvalue weighted by Gasteiger charge is 2.42. The zero-order valence-electron chi connectivity index (χ0n) is 10.4. The van der Waals surface area contributed by atoms with Gasteiger partial charge in [-0.15, -0.1) is 0 Å². The first kappa shape index (κ1) is 15.3. The van der Waals surface area contributed by atoms with Gasteiger partial charge in [0.15, 0.2) is 0 Å². The fourth-order valence-corrected chi connectivity index (χ4v) is 2.84. The van der Waals surface area contributed by atoms with E-state index in [9.17, 15) is 15.0 Å². The first-order valence-electron chi connectivity index (χ1n) is 5.58. The molecule has 0 radical (unpaired) electrons. The molecule has 0 amide bonds. The van der Waals surface area contributed by atoms with Crippen LogP contribution in [0.3, 0.4) is 0 Å². The minimum Gasteiger partial charge on any atom is -0.481 e. The summed E-state index contributed by atoms with van der Waals surface area (Å²) in [6, 6.07) is 4.63. The Morgan fingerprint density at radius 1 is 1.33 bits per heavy atom. The molecule has 18 heavy (non-hydrogen) atoms. The predicted octanol–water partition coefficient (Wildman–Crippen LogP) is 3.56. The Morgan fingerprint density at radius 2 is 1.89 bits per heavy atom. The van der Waals surface area contributed by atoms with Gasteiger partial charge in [-0.3, -0.25) is 4.79 Å². The van der Waals surface area contributed by atoms with E-state index in [1.807, 2.05) is 0 Å². The van der Waals surface area contributed by atoms with E-state index in [0.717, 1.165) is 0 Å². The number of aliphatic carboxylic acids is 1. The zero-order chi connectivity index (χ0) is 14.1. The van der Waals surface area contributed by atoms with Gasteiger partial charge >= 0.3 is 5.97 Å². The number of rotatable bonds is 4. The standard InChI is InChI=1S/C13H16Cl2O3/c1-7(2)11(12(16)17)13(3,18)9-5-4-8(14)6-10(9)15/h4-7,11,18H,1-3H3,(H,16,17). The van der Waals surface area contributed by atoms with Crippen molar-refractivity contribution >= 4 is 29.2 Å². The lowest BCUT2D eigenvalue weighted by Crippen LogP contribution is -2.40. The third kappa shape index (κ3) is 2.97. The minimum absolute atomic E-state index is 0.232. The number of hydrogen-bond acceptors (Lipinski definition) is 2. The van der Waals surface area contributed by atoms with Crippen LogP contribution in [0.2, 0.25) is 10.0 Å². The smallest absolute Gasteiger partial charge is 0.310 e. The summed E-state index contributed by atoms with van der Waals surface area (Å²) in [5.41, 5.74) is -1.18. The molecule has 1 aromatic rings. The molecule has 2 atom stereocenters. The number of carbonyl (C=O) groups is 1. The van der Waals surface area contributed by atoms with Crippen LogP contribution >= 0.6 is 23.2 Å². The summed E-state index contributed by atoms with van der Waals surface area (Å²) < 4.78 is 0. The van der Waals surface area contributed by atoms with E-state index in [0.29, 0.717) is 10.6 Å². The third-order valence-corrected chi connectivity index (χ3v) is 3.56. The topological polar surface area (TPSA) is 57.5 Å². The number of aliphatic hydroxyl groups is 1. The van der Waals surface area contributed by atoms with E-state index >= 15 is 0 Å². The molecular formula is C13H16Cl2O3. The number of hydrogen-bond donors (Lipinski definition) is 2. The molecule has 0 bridgehead atoms. The maximum absolute atomic E-state index is 11.3. The summed E-state index contributed by atoms with van der Waals surface area (Å²) in [7, 11) is 0. The molecule has 2 N–H and O–H groups in total. The van der Waals surface area contributed by atoms with E-state index in [4.69, 9.17) is 23.2 Å². The van der Waals surface area contributed by atoms with Crippen LogP contribution in [-0.4, -0.2) is 16.2 Å². The first-order chi connectivity index (χ1) is 8.17. The molecule has 5 heteroatoms. The van der Waals surface area contributed by atoms with Gasteiger partial charge in [0.25, 0.3) is 0 Å². The van der Waals surface area contributed by atoms with Gasteiger partial charge in [-0.25, -0.2) is 0 Å². The average molecular weight is 291 g/mol. The van der Waals surface area contributed by atoms with Crippen LogP contribution in [0.25, 0.3) is 0 Å². The van der Waals surface area contributed by atoms with Gasteiger partial charge in [-0.05, 0) is 25.0 Å². The highest BCUT2D eigenvalue weighted by Crippen LogP contribution is 2.38. The molecule has 0 aliphatic carbocycles. The van der Waals surface area contributed by atoms with Gasteiger partial charge < -0.3 is 10.2 Å². The Kier molecular flexibility index (Phi) is 4.65. The highest BCUT2D eigenvalue weighted by atomic mass is 35.5. The molecule has 0 heterocycles. The van der Waals surface area contributed by atoms with Crippen molar-refractivity contribution in [3.8, 4) is 0 Å². The Balaban J connectivity index is 3.30. The Labute approximate surface area is 116 Å².